The highest BCUT2D eigenvalue weighted by Crippen LogP contribution is 2.22. The molecule has 4 N–H and O–H groups in total. The number of amides is 1. The van der Waals surface area contributed by atoms with Crippen molar-refractivity contribution in [3.63, 3.8) is 0 Å². The largest absolute Gasteiger partial charge is 0.507 e. The zero-order valence-electron chi connectivity index (χ0n) is 9.98. The number of nitrogens with one attached hydrogen (secondary N) is 1. The van der Waals surface area contributed by atoms with Gasteiger partial charge in [-0.2, -0.15) is 0 Å². The van der Waals surface area contributed by atoms with Crippen molar-refractivity contribution in [3.05, 3.63) is 28.8 Å². The second-order valence-electron chi connectivity index (χ2n) is 4.07. The summed E-state index contributed by atoms with van der Waals surface area (Å²) < 4.78 is 0. The summed E-state index contributed by atoms with van der Waals surface area (Å²) in [6.45, 7) is 0.935. The molecule has 0 saturated carbocycles. The lowest BCUT2D eigenvalue weighted by Gasteiger charge is -2.29. The van der Waals surface area contributed by atoms with Crippen LogP contribution < -0.4 is 5.32 Å². The zero-order valence-corrected chi connectivity index (χ0v) is 10.7. The van der Waals surface area contributed by atoms with Gasteiger partial charge in [0.1, 0.15) is 5.75 Å². The Morgan fingerprint density at radius 3 is 2.50 bits per heavy atom. The Kier molecular flexibility index (Phi) is 4.95. The number of phenolic OH excluding ortho intramolecular Hbond substituents is 1. The number of aliphatic hydroxyl groups is 2. The van der Waals surface area contributed by atoms with E-state index in [0.717, 1.165) is 0 Å². The van der Waals surface area contributed by atoms with E-state index in [9.17, 15) is 20.1 Å². The monoisotopic (exact) mass is 273 g/mol. The topological polar surface area (TPSA) is 89.8 Å². The number of phenols is 1. The third kappa shape index (κ3) is 3.13. The molecule has 100 valence electrons. The molecule has 5 nitrogen and oxygen atoms in total. The van der Waals surface area contributed by atoms with E-state index in [2.05, 4.69) is 5.32 Å². The summed E-state index contributed by atoms with van der Waals surface area (Å²) in [5.74, 6) is -0.808. The van der Waals surface area contributed by atoms with Gasteiger partial charge in [0.15, 0.2) is 0 Å². The number of hydrogen-bond donors (Lipinski definition) is 4. The van der Waals surface area contributed by atoms with Gasteiger partial charge in [-0.1, -0.05) is 18.5 Å². The SMILES string of the molecule is CCC(CO)(CO)NC(=O)c1cc(Cl)ccc1O. The average molecular weight is 274 g/mol. The van der Waals surface area contributed by atoms with Crippen molar-refractivity contribution >= 4 is 17.5 Å². The van der Waals surface area contributed by atoms with Gasteiger partial charge in [-0.05, 0) is 24.6 Å². The fourth-order valence-electron chi connectivity index (χ4n) is 1.44. The van der Waals surface area contributed by atoms with E-state index in [-0.39, 0.29) is 11.3 Å². The first-order chi connectivity index (χ1) is 8.48. The number of carbonyl (C=O) groups is 1. The molecule has 1 aromatic carbocycles. The smallest absolute Gasteiger partial charge is 0.255 e. The average Bonchev–Trinajstić information content (AvgIpc) is 2.38. The fourth-order valence-corrected chi connectivity index (χ4v) is 1.61. The van der Waals surface area contributed by atoms with Gasteiger partial charge in [-0.25, -0.2) is 0 Å². The van der Waals surface area contributed by atoms with Crippen LogP contribution in [0.25, 0.3) is 0 Å². The van der Waals surface area contributed by atoms with Crippen molar-refractivity contribution in [1.29, 1.82) is 0 Å². The van der Waals surface area contributed by atoms with Crippen molar-refractivity contribution in [2.45, 2.75) is 18.9 Å². The van der Waals surface area contributed by atoms with Crippen LogP contribution in [0.3, 0.4) is 0 Å². The van der Waals surface area contributed by atoms with Crippen LogP contribution in [0.4, 0.5) is 0 Å². The molecular weight excluding hydrogens is 258 g/mol. The lowest BCUT2D eigenvalue weighted by Crippen LogP contribution is -2.53. The summed E-state index contributed by atoms with van der Waals surface area (Å²) in [7, 11) is 0. The van der Waals surface area contributed by atoms with Crippen LogP contribution >= 0.6 is 11.6 Å². The highest BCUT2D eigenvalue weighted by atomic mass is 35.5. The summed E-state index contributed by atoms with van der Waals surface area (Å²) in [4.78, 5) is 12.0. The van der Waals surface area contributed by atoms with E-state index in [1.54, 1.807) is 6.92 Å². The molecule has 0 unspecified atom stereocenters. The Balaban J connectivity index is 2.97. The number of rotatable bonds is 5. The Morgan fingerprint density at radius 1 is 1.39 bits per heavy atom. The number of aromatic hydroxyl groups is 1. The number of carbonyl (C=O) groups excluding carboxylic acids is 1. The molecule has 1 rings (SSSR count). The van der Waals surface area contributed by atoms with E-state index in [0.29, 0.717) is 11.4 Å². The predicted molar refractivity (Wildman–Crippen MR) is 67.8 cm³/mol. The summed E-state index contributed by atoms with van der Waals surface area (Å²) >= 11 is 5.74. The molecule has 0 bridgehead atoms. The van der Waals surface area contributed by atoms with Crippen LogP contribution in [-0.2, 0) is 0 Å². The maximum absolute atomic E-state index is 12.0. The molecule has 0 aliphatic rings. The van der Waals surface area contributed by atoms with Crippen LogP contribution in [0, 0.1) is 0 Å². The molecule has 0 aromatic heterocycles. The molecule has 0 aliphatic heterocycles. The summed E-state index contributed by atoms with van der Waals surface area (Å²) in [6, 6.07) is 4.09. The molecule has 6 heteroatoms. The van der Waals surface area contributed by atoms with Crippen LogP contribution in [0.2, 0.25) is 5.02 Å². The van der Waals surface area contributed by atoms with Crippen molar-refractivity contribution < 1.29 is 20.1 Å². The minimum absolute atomic E-state index is 0.00206. The molecule has 18 heavy (non-hydrogen) atoms. The maximum Gasteiger partial charge on any atom is 0.255 e. The van der Waals surface area contributed by atoms with Crippen LogP contribution in [-0.4, -0.2) is 40.0 Å². The van der Waals surface area contributed by atoms with Gasteiger partial charge >= 0.3 is 0 Å². The molecule has 0 heterocycles. The van der Waals surface area contributed by atoms with Gasteiger partial charge in [0.05, 0.1) is 24.3 Å². The molecule has 0 radical (unpaired) electrons. The second kappa shape index (κ2) is 6.04. The molecule has 1 aromatic rings. The Hall–Kier alpha value is -1.30. The van der Waals surface area contributed by atoms with Gasteiger partial charge in [0.25, 0.3) is 5.91 Å². The highest BCUT2D eigenvalue weighted by molar-refractivity contribution is 6.31. The summed E-state index contributed by atoms with van der Waals surface area (Å²) in [6.07, 6.45) is 0.354. The van der Waals surface area contributed by atoms with E-state index in [1.165, 1.54) is 18.2 Å². The van der Waals surface area contributed by atoms with Gasteiger partial charge in [-0.15, -0.1) is 0 Å². The second-order valence-corrected chi connectivity index (χ2v) is 4.50. The van der Waals surface area contributed by atoms with Crippen molar-refractivity contribution in [1.82, 2.24) is 5.32 Å². The normalized spacial score (nSPS) is 11.3. The van der Waals surface area contributed by atoms with Crippen molar-refractivity contribution in [3.8, 4) is 5.75 Å². The highest BCUT2D eigenvalue weighted by Gasteiger charge is 2.29. The summed E-state index contributed by atoms with van der Waals surface area (Å²) in [5, 5.41) is 30.9. The molecule has 0 saturated heterocycles. The van der Waals surface area contributed by atoms with Crippen LogP contribution in [0.15, 0.2) is 18.2 Å². The Bertz CT molecular complexity index is 424. The van der Waals surface area contributed by atoms with Crippen molar-refractivity contribution in [2.75, 3.05) is 13.2 Å². The Morgan fingerprint density at radius 2 is 2.00 bits per heavy atom. The predicted octanol–water partition coefficient (Wildman–Crippen LogP) is 0.909. The third-order valence-electron chi connectivity index (χ3n) is 2.86. The molecule has 0 fully saturated rings. The van der Waals surface area contributed by atoms with E-state index in [4.69, 9.17) is 11.6 Å². The standard InChI is InChI=1S/C12H16ClNO4/c1-2-12(6-15,7-16)14-11(18)9-5-8(13)3-4-10(9)17/h3-5,15-17H,2,6-7H2,1H3,(H,14,18). The minimum atomic E-state index is -1.11. The van der Waals surface area contributed by atoms with Gasteiger partial charge in [-0.3, -0.25) is 4.79 Å². The van der Waals surface area contributed by atoms with E-state index < -0.39 is 24.7 Å². The third-order valence-corrected chi connectivity index (χ3v) is 3.10. The van der Waals surface area contributed by atoms with Crippen LogP contribution in [0.1, 0.15) is 23.7 Å². The van der Waals surface area contributed by atoms with Gasteiger partial charge < -0.3 is 20.6 Å². The number of aliphatic hydroxyl groups excluding tert-OH is 2. The van der Waals surface area contributed by atoms with Gasteiger partial charge in [0, 0.05) is 5.02 Å². The maximum atomic E-state index is 12.0. The number of hydrogen-bond acceptors (Lipinski definition) is 4. The molecule has 0 atom stereocenters. The number of benzene rings is 1. The first-order valence-electron chi connectivity index (χ1n) is 5.50. The lowest BCUT2D eigenvalue weighted by atomic mass is 9.97. The molecule has 0 aliphatic carbocycles. The zero-order chi connectivity index (χ0) is 13.8. The van der Waals surface area contributed by atoms with E-state index >= 15 is 0 Å². The molecule has 1 amide bonds. The minimum Gasteiger partial charge on any atom is -0.507 e. The van der Waals surface area contributed by atoms with E-state index in [1.807, 2.05) is 0 Å². The summed E-state index contributed by atoms with van der Waals surface area (Å²) in [5.41, 5.74) is -1.10. The molecular formula is C12H16ClNO4. The first-order valence-corrected chi connectivity index (χ1v) is 5.88. The lowest BCUT2D eigenvalue weighted by molar-refractivity contribution is 0.0651. The first kappa shape index (κ1) is 14.8. The number of halogens is 1. The quantitative estimate of drug-likeness (QED) is 0.642. The Labute approximate surface area is 110 Å². The van der Waals surface area contributed by atoms with Gasteiger partial charge in [0.2, 0.25) is 0 Å². The fraction of sp³-hybridized carbons (Fsp3) is 0.417. The molecule has 0 spiro atoms. The van der Waals surface area contributed by atoms with Crippen molar-refractivity contribution in [2.24, 2.45) is 0 Å². The van der Waals surface area contributed by atoms with Crippen LogP contribution in [0.5, 0.6) is 5.75 Å².